The number of hydrogen-bond acceptors (Lipinski definition) is 0. The maximum absolute atomic E-state index is 7.50. The molecule has 0 heterocycles. The third-order valence-corrected chi connectivity index (χ3v) is 0.625. The molecule has 20 radical (unpaired) electrons. The molecule has 2 aliphatic carbocycles. The van der Waals surface area contributed by atoms with Crippen LogP contribution in [0.1, 0.15) is 0 Å². The molecule has 0 bridgehead atoms. The Balaban J connectivity index is -0.0000000124. The Kier molecular flexibility index (Phi) is 295. The van der Waals surface area contributed by atoms with Gasteiger partial charge in [-0.3, -0.25) is 0 Å². The van der Waals surface area contributed by atoms with Crippen LogP contribution < -0.4 is 0 Å². The maximum Gasteiger partial charge on any atom is 0 e. The number of hydrogen-bond donors (Lipinski definition) is 0. The molecule has 2 fully saturated rings. The first-order valence-corrected chi connectivity index (χ1v) is 3.32. The van der Waals surface area contributed by atoms with Gasteiger partial charge >= 0.3 is 45.2 Å². The molecule has 0 aliphatic heterocycles. The minimum absolute atomic E-state index is 0. The summed E-state index contributed by atoms with van der Waals surface area (Å²) >= 11 is 0. The van der Waals surface area contributed by atoms with Crippen molar-refractivity contribution >= 4 is 0 Å². The van der Waals surface area contributed by atoms with Gasteiger partial charge in [-0.2, -0.15) is 0 Å². The molecule has 2 saturated carbocycles. The van der Waals surface area contributed by atoms with Crippen LogP contribution in [0.5, 0.6) is 0 Å². The first-order chi connectivity index (χ1) is 9.00. The molecule has 0 aromatic carbocycles. The fourth-order valence-electron chi connectivity index (χ4n) is 0.312. The van der Waals surface area contributed by atoms with E-state index in [9.17, 15) is 0 Å². The summed E-state index contributed by atoms with van der Waals surface area (Å²) in [7, 11) is 0. The van der Waals surface area contributed by atoms with E-state index < -0.39 is 0 Å². The Morgan fingerprint density at radius 3 is 0.417 bits per heavy atom. The largest absolute Gasteiger partial charge is 0.457 e. The summed E-state index contributed by atoms with van der Waals surface area (Å²) in [5.74, 6) is 0. The van der Waals surface area contributed by atoms with Crippen molar-refractivity contribution in [2.45, 2.75) is 0 Å². The van der Waals surface area contributed by atoms with Gasteiger partial charge in [-0.1, -0.05) is 0 Å². The van der Waals surface area contributed by atoms with E-state index in [1.165, 1.54) is 0 Å². The van der Waals surface area contributed by atoms with Crippen LogP contribution >= 0.6 is 0 Å². The SMILES string of the molecule is [C-]#[O+].[C-]#[O+].[C-]#[O+].[C-]#[O+].[CH3-].[CH3-].[C]1[C][C][C][C]1.[C]1[C][C][C][C]1.[Mo].[Mo].[OH3+].[OH3+]. The molecule has 2 rings (SSSR count). The van der Waals surface area contributed by atoms with Crippen LogP contribution in [-0.2, 0) is 71.7 Å². The van der Waals surface area contributed by atoms with Crippen LogP contribution in [0.3, 0.4) is 0 Å². The van der Waals surface area contributed by atoms with Crippen molar-refractivity contribution in [3.8, 4) is 0 Å². The summed E-state index contributed by atoms with van der Waals surface area (Å²) in [6.45, 7) is 18.0. The predicted octanol–water partition coefficient (Wildman–Crippen LogP) is -0.285. The molecule has 24 heavy (non-hydrogen) atoms. The predicted molar refractivity (Wildman–Crippen MR) is 70.7 cm³/mol. The zero-order chi connectivity index (χ0) is 15.1. The van der Waals surface area contributed by atoms with Gasteiger partial charge in [-0.15, -0.1) is 0 Å². The molecular formula is C16H12Mo2O6. The maximum atomic E-state index is 7.50. The Morgan fingerprint density at radius 1 is 0.333 bits per heavy atom. The molecule has 0 spiro atoms. The second kappa shape index (κ2) is 110. The Labute approximate surface area is 177 Å². The van der Waals surface area contributed by atoms with E-state index in [0.717, 1.165) is 0 Å². The van der Waals surface area contributed by atoms with Gasteiger partial charge in [-0.05, 0) is 0 Å². The van der Waals surface area contributed by atoms with Crippen molar-refractivity contribution in [1.82, 2.24) is 0 Å². The van der Waals surface area contributed by atoms with Gasteiger partial charge in [0, 0.05) is 106 Å². The summed E-state index contributed by atoms with van der Waals surface area (Å²) in [5, 5.41) is 0. The van der Waals surface area contributed by atoms with Crippen molar-refractivity contribution in [3.63, 3.8) is 0 Å². The molecule has 0 amide bonds. The molecular weight excluding hydrogens is 480 g/mol. The standard InChI is InChI=1S/2C5.4CO.2CH3.2Mo.2H2O/c2*1-2-4-5-3-1;4*1-2;;;;;;/h;;;;;;2*1H3;;;2*1H2/q;;;;;;2*-1;;;;/p+2. The van der Waals surface area contributed by atoms with E-state index in [4.69, 9.17) is 18.6 Å². The Morgan fingerprint density at radius 2 is 0.375 bits per heavy atom. The first kappa shape index (κ1) is 64.5. The normalized spacial score (nSPS) is 10.3. The Hall–Kier alpha value is 0.257. The van der Waals surface area contributed by atoms with Crippen LogP contribution in [0.4, 0.5) is 0 Å². The molecule has 0 atom stereocenters. The van der Waals surface area contributed by atoms with Crippen molar-refractivity contribution in [2.75, 3.05) is 0 Å². The monoisotopic (exact) mass is 496 g/mol. The first-order valence-electron chi connectivity index (χ1n) is 3.32. The van der Waals surface area contributed by atoms with E-state index in [1.807, 2.05) is 0 Å². The minimum Gasteiger partial charge on any atom is -0.457 e. The van der Waals surface area contributed by atoms with E-state index in [0.29, 0.717) is 0 Å². The van der Waals surface area contributed by atoms with Crippen LogP contribution in [0, 0.1) is 106 Å². The van der Waals surface area contributed by atoms with Gasteiger partial charge in [-0.25, -0.2) is 0 Å². The van der Waals surface area contributed by atoms with Crippen molar-refractivity contribution in [1.29, 1.82) is 0 Å². The summed E-state index contributed by atoms with van der Waals surface area (Å²) in [4.78, 5) is 0. The van der Waals surface area contributed by atoms with E-state index in [2.05, 4.69) is 90.8 Å². The van der Waals surface area contributed by atoms with Gasteiger partial charge < -0.3 is 25.8 Å². The molecule has 0 aromatic rings. The van der Waals surface area contributed by atoms with Crippen molar-refractivity contribution in [3.05, 3.63) is 106 Å². The zero-order valence-corrected chi connectivity index (χ0v) is 16.6. The second-order valence-corrected chi connectivity index (χ2v) is 1.25. The number of rotatable bonds is 0. The second-order valence-electron chi connectivity index (χ2n) is 1.25. The molecule has 8 heteroatoms. The van der Waals surface area contributed by atoms with Crippen LogP contribution in [0.2, 0.25) is 0 Å². The average Bonchev–Trinajstić information content (AvgIpc) is 3.25. The smallest absolute Gasteiger partial charge is 0 e. The average molecular weight is 492 g/mol. The minimum atomic E-state index is 0. The summed E-state index contributed by atoms with van der Waals surface area (Å²) in [6.07, 6.45) is 25.0. The van der Waals surface area contributed by atoms with Gasteiger partial charge in [0.1, 0.15) is 0 Å². The molecule has 2 aliphatic rings. The van der Waals surface area contributed by atoms with E-state index in [-0.39, 0.29) is 67.9 Å². The quantitative estimate of drug-likeness (QED) is 0.249. The fourth-order valence-corrected chi connectivity index (χ4v) is 0.312. The zero-order valence-electron chi connectivity index (χ0n) is 12.6. The van der Waals surface area contributed by atoms with Crippen LogP contribution in [0.15, 0.2) is 0 Å². The van der Waals surface area contributed by atoms with Crippen molar-refractivity contribution < 1.29 is 71.7 Å². The topological polar surface area (TPSA) is 146 Å². The summed E-state index contributed by atoms with van der Waals surface area (Å²) in [6, 6.07) is 0. The molecule has 6 N–H and O–H groups in total. The summed E-state index contributed by atoms with van der Waals surface area (Å²) < 4.78 is 30.0. The van der Waals surface area contributed by atoms with Crippen LogP contribution in [0.25, 0.3) is 0 Å². The third-order valence-electron chi connectivity index (χ3n) is 0.625. The van der Waals surface area contributed by atoms with Gasteiger partial charge in [0.2, 0.25) is 0 Å². The van der Waals surface area contributed by atoms with Crippen molar-refractivity contribution in [2.24, 2.45) is 0 Å². The third kappa shape index (κ3) is 95.6. The van der Waals surface area contributed by atoms with E-state index in [1.54, 1.807) is 0 Å². The molecule has 0 saturated heterocycles. The molecule has 6 nitrogen and oxygen atoms in total. The summed E-state index contributed by atoms with van der Waals surface area (Å²) in [5.41, 5.74) is 0. The van der Waals surface area contributed by atoms with Gasteiger partial charge in [0.25, 0.3) is 0 Å². The van der Waals surface area contributed by atoms with Gasteiger partial charge in [0.05, 0.1) is 0 Å². The molecule has 0 aromatic heterocycles. The van der Waals surface area contributed by atoms with E-state index >= 15 is 0 Å². The molecule has 124 valence electrons. The van der Waals surface area contributed by atoms with Gasteiger partial charge in [0.15, 0.2) is 0 Å². The van der Waals surface area contributed by atoms with Crippen LogP contribution in [-0.4, -0.2) is 0 Å². The Bertz CT molecular complexity index is 149. The fraction of sp³-hybridized carbons (Fsp3) is 0. The molecule has 0 unspecified atom stereocenters.